The number of amides is 1. The van der Waals surface area contributed by atoms with E-state index in [4.69, 9.17) is 10.5 Å². The minimum absolute atomic E-state index is 0.111. The number of primary amides is 1. The Bertz CT molecular complexity index is 1220. The molecule has 1 aromatic heterocycles. The number of aromatic nitrogens is 1. The average Bonchev–Trinajstić information content (AvgIpc) is 3.09. The molecule has 0 aliphatic heterocycles. The van der Waals surface area contributed by atoms with Gasteiger partial charge in [0.2, 0.25) is 0 Å². The molecule has 174 valence electrons. The first-order valence-electron chi connectivity index (χ1n) is 10.3. The maximum Gasteiger partial charge on any atom is 0.573 e. The van der Waals surface area contributed by atoms with Gasteiger partial charge in [0.25, 0.3) is 5.91 Å². The van der Waals surface area contributed by atoms with E-state index in [0.29, 0.717) is 36.0 Å². The maximum absolute atomic E-state index is 12.7. The predicted molar refractivity (Wildman–Crippen MR) is 118 cm³/mol. The Morgan fingerprint density at radius 2 is 1.91 bits per heavy atom. The molecule has 10 heteroatoms. The summed E-state index contributed by atoms with van der Waals surface area (Å²) in [6.07, 6.45) is -2.55. The fourth-order valence-electron chi connectivity index (χ4n) is 3.86. The number of alkyl halides is 3. The number of nitrogens with zero attached hydrogens (tertiary/aromatic N) is 1. The number of hydrogen-bond donors (Lipinski definition) is 1. The van der Waals surface area contributed by atoms with E-state index in [1.165, 1.54) is 40.6 Å². The van der Waals surface area contributed by atoms with Gasteiger partial charge in [-0.3, -0.25) is 9.59 Å². The largest absolute Gasteiger partial charge is 0.573 e. The van der Waals surface area contributed by atoms with Gasteiger partial charge >= 0.3 is 12.3 Å². The topological polar surface area (TPSA) is 83.5 Å². The smallest absolute Gasteiger partial charge is 0.465 e. The number of fused-ring (bicyclic) bond motifs is 1. The highest BCUT2D eigenvalue weighted by molar-refractivity contribution is 8.01. The minimum atomic E-state index is -4.85. The molecule has 1 fully saturated rings. The number of rotatable bonds is 7. The quantitative estimate of drug-likeness (QED) is 0.472. The molecule has 33 heavy (non-hydrogen) atoms. The van der Waals surface area contributed by atoms with Gasteiger partial charge in [0.05, 0.1) is 12.1 Å². The summed E-state index contributed by atoms with van der Waals surface area (Å²) in [6, 6.07) is 12.4. The zero-order chi connectivity index (χ0) is 23.8. The molecule has 1 aliphatic rings. The first kappa shape index (κ1) is 23.0. The van der Waals surface area contributed by atoms with E-state index in [-0.39, 0.29) is 11.7 Å². The monoisotopic (exact) mass is 478 g/mol. The van der Waals surface area contributed by atoms with Crippen molar-refractivity contribution in [1.29, 1.82) is 0 Å². The molecule has 1 saturated carbocycles. The Kier molecular flexibility index (Phi) is 6.04. The van der Waals surface area contributed by atoms with Gasteiger partial charge in [0, 0.05) is 22.0 Å². The third kappa shape index (κ3) is 4.66. The lowest BCUT2D eigenvalue weighted by molar-refractivity contribution is -0.274. The van der Waals surface area contributed by atoms with Gasteiger partial charge in [-0.2, -0.15) is 0 Å². The molecule has 1 amide bonds. The van der Waals surface area contributed by atoms with Gasteiger partial charge in [0.1, 0.15) is 16.2 Å². The number of benzene rings is 2. The van der Waals surface area contributed by atoms with Crippen LogP contribution in [0.1, 0.15) is 36.7 Å². The van der Waals surface area contributed by atoms with Crippen LogP contribution in [0.4, 0.5) is 13.2 Å². The van der Waals surface area contributed by atoms with Gasteiger partial charge in [-0.25, -0.2) is 0 Å². The summed E-state index contributed by atoms with van der Waals surface area (Å²) in [7, 11) is 0. The van der Waals surface area contributed by atoms with Crippen LogP contribution < -0.4 is 10.5 Å². The third-order valence-corrected chi connectivity index (χ3v) is 6.91. The summed E-state index contributed by atoms with van der Waals surface area (Å²) in [6.45, 7) is 2.05. The normalized spacial score (nSPS) is 15.2. The maximum atomic E-state index is 12.7. The number of carbonyl (C=O) groups excluding carboxylic acids is 2. The first-order chi connectivity index (χ1) is 15.6. The number of hydrogen-bond acceptors (Lipinski definition) is 5. The molecular weight excluding hydrogens is 457 g/mol. The van der Waals surface area contributed by atoms with Gasteiger partial charge in [0.15, 0.2) is 0 Å². The number of esters is 1. The van der Waals surface area contributed by atoms with Crippen molar-refractivity contribution in [3.8, 4) is 11.4 Å². The summed E-state index contributed by atoms with van der Waals surface area (Å²) in [5, 5.41) is 0.526. The van der Waals surface area contributed by atoms with Gasteiger partial charge in [-0.1, -0.05) is 6.07 Å². The molecule has 2 N–H and O–H groups in total. The zero-order valence-corrected chi connectivity index (χ0v) is 18.5. The van der Waals surface area contributed by atoms with Crippen molar-refractivity contribution in [1.82, 2.24) is 4.57 Å². The summed E-state index contributed by atoms with van der Waals surface area (Å²) in [5.41, 5.74) is 6.52. The van der Waals surface area contributed by atoms with E-state index in [1.807, 2.05) is 6.07 Å². The Morgan fingerprint density at radius 1 is 1.15 bits per heavy atom. The SMILES string of the molecule is CCOC(=O)C1(Sc2cccc(-n3c(C(N)=O)cc4ccc(OC(F)(F)F)cc43)c2)CCC1. The van der Waals surface area contributed by atoms with E-state index in [0.717, 1.165) is 11.3 Å². The van der Waals surface area contributed by atoms with Crippen LogP contribution in [-0.2, 0) is 9.53 Å². The van der Waals surface area contributed by atoms with E-state index in [2.05, 4.69) is 4.74 Å². The minimum Gasteiger partial charge on any atom is -0.465 e. The highest BCUT2D eigenvalue weighted by Gasteiger charge is 2.46. The third-order valence-electron chi connectivity index (χ3n) is 5.46. The Hall–Kier alpha value is -3.14. The molecule has 0 unspecified atom stereocenters. The van der Waals surface area contributed by atoms with Crippen molar-refractivity contribution in [2.24, 2.45) is 5.73 Å². The lowest BCUT2D eigenvalue weighted by Gasteiger charge is -2.38. The summed E-state index contributed by atoms with van der Waals surface area (Å²) >= 11 is 1.39. The van der Waals surface area contributed by atoms with Crippen LogP contribution in [0.2, 0.25) is 0 Å². The van der Waals surface area contributed by atoms with Crippen molar-refractivity contribution in [3.63, 3.8) is 0 Å². The fourth-order valence-corrected chi connectivity index (χ4v) is 5.27. The van der Waals surface area contributed by atoms with Crippen molar-refractivity contribution in [2.75, 3.05) is 6.61 Å². The molecule has 0 bridgehead atoms. The summed E-state index contributed by atoms with van der Waals surface area (Å²) in [5.74, 6) is -1.40. The average molecular weight is 478 g/mol. The van der Waals surface area contributed by atoms with Crippen LogP contribution in [0.25, 0.3) is 16.6 Å². The number of carbonyl (C=O) groups is 2. The Morgan fingerprint density at radius 3 is 2.52 bits per heavy atom. The van der Waals surface area contributed by atoms with Crippen molar-refractivity contribution < 1.29 is 32.2 Å². The van der Waals surface area contributed by atoms with Crippen LogP contribution in [0, 0.1) is 0 Å². The van der Waals surface area contributed by atoms with Gasteiger partial charge in [-0.05, 0) is 62.6 Å². The molecule has 3 aromatic rings. The number of nitrogens with two attached hydrogens (primary N) is 1. The second-order valence-corrected chi connectivity index (χ2v) is 9.12. The molecule has 4 rings (SSSR count). The molecule has 0 spiro atoms. The van der Waals surface area contributed by atoms with E-state index in [9.17, 15) is 22.8 Å². The summed E-state index contributed by atoms with van der Waals surface area (Å²) < 4.78 is 48.3. The van der Waals surface area contributed by atoms with Crippen LogP contribution in [0.3, 0.4) is 0 Å². The van der Waals surface area contributed by atoms with Crippen LogP contribution >= 0.6 is 11.8 Å². The lowest BCUT2D eigenvalue weighted by Crippen LogP contribution is -2.43. The predicted octanol–water partition coefficient (Wildman–Crippen LogP) is 5.21. The van der Waals surface area contributed by atoms with Crippen LogP contribution in [0.15, 0.2) is 53.4 Å². The molecule has 1 aliphatic carbocycles. The number of ether oxygens (including phenoxy) is 2. The van der Waals surface area contributed by atoms with E-state index >= 15 is 0 Å². The lowest BCUT2D eigenvalue weighted by atomic mass is 9.84. The molecular formula is C23H21F3N2O4S. The summed E-state index contributed by atoms with van der Waals surface area (Å²) in [4.78, 5) is 25.4. The second-order valence-electron chi connectivity index (χ2n) is 7.67. The molecule has 6 nitrogen and oxygen atoms in total. The number of halogens is 3. The van der Waals surface area contributed by atoms with Crippen molar-refractivity contribution >= 4 is 34.5 Å². The highest BCUT2D eigenvalue weighted by atomic mass is 32.2. The van der Waals surface area contributed by atoms with Crippen molar-refractivity contribution in [3.05, 3.63) is 54.2 Å². The van der Waals surface area contributed by atoms with E-state index < -0.39 is 22.8 Å². The standard InChI is InChI=1S/C23H21F3N2O4S/c1-2-31-21(30)22(9-4-10-22)33-17-6-3-5-15(12-17)28-18-13-16(32-23(24,25)26)8-7-14(18)11-19(28)20(27)29/h3,5-8,11-13H,2,4,9-10H2,1H3,(H2,27,29). The molecule has 1 heterocycles. The molecule has 0 saturated heterocycles. The van der Waals surface area contributed by atoms with Gasteiger partial charge in [-0.15, -0.1) is 24.9 Å². The first-order valence-corrected chi connectivity index (χ1v) is 11.1. The second kappa shape index (κ2) is 8.66. The van der Waals surface area contributed by atoms with Crippen LogP contribution in [0.5, 0.6) is 5.75 Å². The Labute approximate surface area is 191 Å². The zero-order valence-electron chi connectivity index (χ0n) is 17.6. The van der Waals surface area contributed by atoms with Gasteiger partial charge < -0.3 is 19.8 Å². The Balaban J connectivity index is 1.77. The molecule has 0 atom stereocenters. The highest BCUT2D eigenvalue weighted by Crippen LogP contribution is 2.49. The van der Waals surface area contributed by atoms with Crippen LogP contribution in [-0.4, -0.2) is 34.2 Å². The fraction of sp³-hybridized carbons (Fsp3) is 0.304. The van der Waals surface area contributed by atoms with Crippen molar-refractivity contribution in [2.45, 2.75) is 42.2 Å². The van der Waals surface area contributed by atoms with E-state index in [1.54, 1.807) is 25.1 Å². The molecule has 2 aromatic carbocycles. The molecule has 0 radical (unpaired) electrons. The number of thioether (sulfide) groups is 1.